The van der Waals surface area contributed by atoms with E-state index in [1.807, 2.05) is 0 Å². The first-order valence-corrected chi connectivity index (χ1v) is 7.59. The third-order valence-corrected chi connectivity index (χ3v) is 4.18. The second kappa shape index (κ2) is 5.23. The molecular weight excluding hydrogens is 268 g/mol. The van der Waals surface area contributed by atoms with Crippen LogP contribution in [-0.4, -0.2) is 9.55 Å². The van der Waals surface area contributed by atoms with E-state index in [0.717, 1.165) is 6.42 Å². The zero-order chi connectivity index (χ0) is 14.9. The lowest BCUT2D eigenvalue weighted by atomic mass is 10.0. The van der Waals surface area contributed by atoms with Crippen LogP contribution in [0.1, 0.15) is 16.7 Å². The van der Waals surface area contributed by atoms with E-state index in [2.05, 4.69) is 89.7 Å². The summed E-state index contributed by atoms with van der Waals surface area (Å²) < 4.78 is 2.19. The first-order chi connectivity index (χ1) is 10.8. The van der Waals surface area contributed by atoms with Crippen LogP contribution in [0, 0.1) is 6.92 Å². The average molecular weight is 286 g/mol. The predicted molar refractivity (Wildman–Crippen MR) is 91.6 cm³/mol. The number of hydrogen-bond donors (Lipinski definition) is 1. The summed E-state index contributed by atoms with van der Waals surface area (Å²) in [6.07, 6.45) is 7.27. The minimum absolute atomic E-state index is 0.928. The van der Waals surface area contributed by atoms with E-state index < -0.39 is 0 Å². The highest BCUT2D eigenvalue weighted by Gasteiger charge is 2.09. The normalized spacial score (nSPS) is 11.1. The van der Waals surface area contributed by atoms with Gasteiger partial charge < -0.3 is 9.55 Å². The Bertz CT molecular complexity index is 914. The standard InChI is InChI=1S/C20H18N2/c1-15-8-9-16(20(12-15)22-10-4-5-11-22)13-17-14-21-19-7-3-2-6-18(17)19/h2-12,14,21H,13H2,1H3. The lowest BCUT2D eigenvalue weighted by Crippen LogP contribution is -1.99. The van der Waals surface area contributed by atoms with Crippen LogP contribution in [0.4, 0.5) is 0 Å². The smallest absolute Gasteiger partial charge is 0.0487 e. The fraction of sp³-hybridized carbons (Fsp3) is 0.100. The molecule has 4 rings (SSSR count). The van der Waals surface area contributed by atoms with Crippen molar-refractivity contribution < 1.29 is 0 Å². The van der Waals surface area contributed by atoms with Gasteiger partial charge in [-0.25, -0.2) is 0 Å². The lowest BCUT2D eigenvalue weighted by Gasteiger charge is -2.12. The van der Waals surface area contributed by atoms with Crippen LogP contribution in [0.3, 0.4) is 0 Å². The SMILES string of the molecule is Cc1ccc(Cc2c[nH]c3ccccc23)c(-n2cccc2)c1. The lowest BCUT2D eigenvalue weighted by molar-refractivity contribution is 1.03. The van der Waals surface area contributed by atoms with E-state index in [0.29, 0.717) is 0 Å². The molecular formula is C20H18N2. The van der Waals surface area contributed by atoms with Crippen LogP contribution < -0.4 is 0 Å². The van der Waals surface area contributed by atoms with Crippen molar-refractivity contribution in [3.63, 3.8) is 0 Å². The summed E-state index contributed by atoms with van der Waals surface area (Å²) in [6.45, 7) is 2.14. The summed E-state index contributed by atoms with van der Waals surface area (Å²) in [6, 6.07) is 19.3. The number of nitrogens with one attached hydrogen (secondary N) is 1. The van der Waals surface area contributed by atoms with Crippen molar-refractivity contribution in [2.24, 2.45) is 0 Å². The van der Waals surface area contributed by atoms with E-state index in [1.165, 1.54) is 33.3 Å². The molecule has 0 amide bonds. The largest absolute Gasteiger partial charge is 0.361 e. The Kier molecular flexibility index (Phi) is 3.08. The summed E-state index contributed by atoms with van der Waals surface area (Å²) in [5, 5.41) is 1.31. The number of fused-ring (bicyclic) bond motifs is 1. The molecule has 0 saturated heterocycles. The van der Waals surface area contributed by atoms with Crippen molar-refractivity contribution >= 4 is 10.9 Å². The molecule has 108 valence electrons. The fourth-order valence-corrected chi connectivity index (χ4v) is 3.04. The van der Waals surface area contributed by atoms with Crippen molar-refractivity contribution in [1.82, 2.24) is 9.55 Å². The van der Waals surface area contributed by atoms with Gasteiger partial charge in [0, 0.05) is 41.6 Å². The van der Waals surface area contributed by atoms with Gasteiger partial charge in [-0.2, -0.15) is 0 Å². The molecule has 4 aromatic rings. The summed E-state index contributed by atoms with van der Waals surface area (Å²) in [5.74, 6) is 0. The Morgan fingerprint density at radius 1 is 0.909 bits per heavy atom. The molecule has 0 bridgehead atoms. The third-order valence-electron chi connectivity index (χ3n) is 4.18. The number of para-hydroxylation sites is 1. The number of benzene rings is 2. The monoisotopic (exact) mass is 286 g/mol. The molecule has 0 saturated carbocycles. The minimum atomic E-state index is 0.928. The van der Waals surface area contributed by atoms with Crippen LogP contribution in [0.15, 0.2) is 73.2 Å². The number of aryl methyl sites for hydroxylation is 1. The molecule has 1 N–H and O–H groups in total. The van der Waals surface area contributed by atoms with Crippen LogP contribution >= 0.6 is 0 Å². The number of aromatic amines is 1. The van der Waals surface area contributed by atoms with E-state index in [-0.39, 0.29) is 0 Å². The van der Waals surface area contributed by atoms with Gasteiger partial charge >= 0.3 is 0 Å². The summed E-state index contributed by atoms with van der Waals surface area (Å²) in [7, 11) is 0. The fourth-order valence-electron chi connectivity index (χ4n) is 3.04. The van der Waals surface area contributed by atoms with Crippen LogP contribution in [0.25, 0.3) is 16.6 Å². The van der Waals surface area contributed by atoms with E-state index in [4.69, 9.17) is 0 Å². The van der Waals surface area contributed by atoms with Gasteiger partial charge in [0.05, 0.1) is 0 Å². The van der Waals surface area contributed by atoms with Crippen LogP contribution in [-0.2, 0) is 6.42 Å². The highest BCUT2D eigenvalue weighted by atomic mass is 14.9. The molecule has 0 aliphatic heterocycles. The number of nitrogens with zero attached hydrogens (tertiary/aromatic N) is 1. The first kappa shape index (κ1) is 13.0. The van der Waals surface area contributed by atoms with E-state index in [9.17, 15) is 0 Å². The first-order valence-electron chi connectivity index (χ1n) is 7.59. The second-order valence-electron chi connectivity index (χ2n) is 5.76. The Hall–Kier alpha value is -2.74. The molecule has 22 heavy (non-hydrogen) atoms. The topological polar surface area (TPSA) is 20.7 Å². The number of rotatable bonds is 3. The van der Waals surface area contributed by atoms with Gasteiger partial charge in [0.1, 0.15) is 0 Å². The zero-order valence-electron chi connectivity index (χ0n) is 12.6. The van der Waals surface area contributed by atoms with E-state index >= 15 is 0 Å². The Morgan fingerprint density at radius 2 is 1.73 bits per heavy atom. The highest BCUT2D eigenvalue weighted by molar-refractivity contribution is 5.83. The zero-order valence-corrected chi connectivity index (χ0v) is 12.6. The third kappa shape index (κ3) is 2.23. The second-order valence-corrected chi connectivity index (χ2v) is 5.76. The molecule has 0 spiro atoms. The number of hydrogen-bond acceptors (Lipinski definition) is 0. The Morgan fingerprint density at radius 3 is 2.59 bits per heavy atom. The maximum absolute atomic E-state index is 3.37. The van der Waals surface area contributed by atoms with Gasteiger partial charge in [-0.1, -0.05) is 30.3 Å². The molecule has 0 aliphatic rings. The van der Waals surface area contributed by atoms with Crippen molar-refractivity contribution in [2.75, 3.05) is 0 Å². The summed E-state index contributed by atoms with van der Waals surface area (Å²) in [4.78, 5) is 3.37. The Labute approximate surface area is 130 Å². The molecule has 2 nitrogen and oxygen atoms in total. The van der Waals surface area contributed by atoms with Crippen LogP contribution in [0.5, 0.6) is 0 Å². The predicted octanol–water partition coefficient (Wildman–Crippen LogP) is 4.86. The molecule has 0 radical (unpaired) electrons. The highest BCUT2D eigenvalue weighted by Crippen LogP contribution is 2.25. The molecule has 2 aromatic carbocycles. The van der Waals surface area contributed by atoms with Gasteiger partial charge in [-0.05, 0) is 47.9 Å². The van der Waals surface area contributed by atoms with Gasteiger partial charge in [-0.3, -0.25) is 0 Å². The van der Waals surface area contributed by atoms with Crippen molar-refractivity contribution in [2.45, 2.75) is 13.3 Å². The molecule has 0 atom stereocenters. The quantitative estimate of drug-likeness (QED) is 0.555. The van der Waals surface area contributed by atoms with Crippen molar-refractivity contribution in [3.8, 4) is 5.69 Å². The van der Waals surface area contributed by atoms with Gasteiger partial charge in [0.25, 0.3) is 0 Å². The maximum Gasteiger partial charge on any atom is 0.0487 e. The van der Waals surface area contributed by atoms with Crippen molar-refractivity contribution in [3.05, 3.63) is 89.9 Å². The molecule has 2 heteroatoms. The molecule has 0 fully saturated rings. The summed E-state index contributed by atoms with van der Waals surface area (Å²) >= 11 is 0. The Balaban J connectivity index is 1.80. The van der Waals surface area contributed by atoms with E-state index in [1.54, 1.807) is 0 Å². The summed E-state index contributed by atoms with van der Waals surface area (Å²) in [5.41, 5.74) is 6.42. The number of aromatic nitrogens is 2. The molecule has 0 unspecified atom stereocenters. The number of H-pyrrole nitrogens is 1. The molecule has 2 aromatic heterocycles. The van der Waals surface area contributed by atoms with Gasteiger partial charge in [0.15, 0.2) is 0 Å². The minimum Gasteiger partial charge on any atom is -0.361 e. The maximum atomic E-state index is 3.37. The van der Waals surface area contributed by atoms with Gasteiger partial charge in [0.2, 0.25) is 0 Å². The van der Waals surface area contributed by atoms with Gasteiger partial charge in [-0.15, -0.1) is 0 Å². The van der Waals surface area contributed by atoms with Crippen LogP contribution in [0.2, 0.25) is 0 Å². The van der Waals surface area contributed by atoms with Crippen molar-refractivity contribution in [1.29, 1.82) is 0 Å². The molecule has 0 aliphatic carbocycles. The molecule has 2 heterocycles. The average Bonchev–Trinajstić information content (AvgIpc) is 3.19.